The highest BCUT2D eigenvalue weighted by Gasteiger charge is 2.06. The Morgan fingerprint density at radius 2 is 2.10 bits per heavy atom. The number of nitrogens with zero attached hydrogens (tertiary/aromatic N) is 2. The molecule has 4 nitrogen and oxygen atoms in total. The second-order valence-corrected chi connectivity index (χ2v) is 5.31. The second kappa shape index (κ2) is 7.09. The van der Waals surface area contributed by atoms with Crippen LogP contribution in [-0.2, 0) is 7.05 Å². The van der Waals surface area contributed by atoms with E-state index in [0.29, 0.717) is 0 Å². The van der Waals surface area contributed by atoms with Gasteiger partial charge in [0.1, 0.15) is 5.75 Å². The molecule has 0 bridgehead atoms. The van der Waals surface area contributed by atoms with Gasteiger partial charge in [-0.1, -0.05) is 23.8 Å². The summed E-state index contributed by atoms with van der Waals surface area (Å²) >= 11 is 0. The minimum Gasteiger partial charge on any atom is -0.497 e. The maximum atomic E-state index is 5.16. The van der Waals surface area contributed by atoms with Gasteiger partial charge in [-0.25, -0.2) is 0 Å². The number of methoxy groups -OCH3 is 1. The van der Waals surface area contributed by atoms with E-state index in [2.05, 4.69) is 42.5 Å². The average molecular weight is 285 g/mol. The van der Waals surface area contributed by atoms with Crippen molar-refractivity contribution in [1.82, 2.24) is 15.1 Å². The van der Waals surface area contributed by atoms with Crippen LogP contribution in [0.25, 0.3) is 6.08 Å². The number of benzene rings is 1. The van der Waals surface area contributed by atoms with Crippen LogP contribution in [0.4, 0.5) is 0 Å². The molecule has 0 aliphatic heterocycles. The Balaban J connectivity index is 1.91. The zero-order valence-electron chi connectivity index (χ0n) is 13.1. The Hall–Kier alpha value is -2.07. The summed E-state index contributed by atoms with van der Waals surface area (Å²) in [5, 5.41) is 7.71. The average Bonchev–Trinajstić information content (AvgIpc) is 2.92. The molecule has 0 aliphatic rings. The summed E-state index contributed by atoms with van der Waals surface area (Å²) in [7, 11) is 3.62. The molecule has 0 saturated carbocycles. The molecule has 2 aromatic rings. The number of hydrogen-bond acceptors (Lipinski definition) is 3. The molecule has 0 aliphatic carbocycles. The first-order valence-electron chi connectivity index (χ1n) is 7.11. The van der Waals surface area contributed by atoms with E-state index < -0.39 is 0 Å². The molecule has 21 heavy (non-hydrogen) atoms. The first-order chi connectivity index (χ1) is 10.1. The van der Waals surface area contributed by atoms with Crippen molar-refractivity contribution in [2.24, 2.45) is 7.05 Å². The fraction of sp³-hybridized carbons (Fsp3) is 0.353. The van der Waals surface area contributed by atoms with Crippen LogP contribution in [0.5, 0.6) is 5.75 Å². The van der Waals surface area contributed by atoms with Crippen LogP contribution in [0.3, 0.4) is 0 Å². The highest BCUT2D eigenvalue weighted by molar-refractivity contribution is 5.53. The van der Waals surface area contributed by atoms with Gasteiger partial charge in [-0.15, -0.1) is 0 Å². The van der Waals surface area contributed by atoms with E-state index in [1.165, 1.54) is 16.7 Å². The van der Waals surface area contributed by atoms with Crippen LogP contribution in [0.15, 0.2) is 42.2 Å². The molecular formula is C17H23N3O. The van der Waals surface area contributed by atoms with Gasteiger partial charge in [-0.2, -0.15) is 5.10 Å². The highest BCUT2D eigenvalue weighted by atomic mass is 16.5. The van der Waals surface area contributed by atoms with Crippen LogP contribution in [0.1, 0.15) is 31.0 Å². The molecule has 1 N–H and O–H groups in total. The normalized spacial score (nSPS) is 13.2. The lowest BCUT2D eigenvalue weighted by molar-refractivity contribution is 0.415. The zero-order valence-corrected chi connectivity index (χ0v) is 13.1. The number of aryl methyl sites for hydroxylation is 1. The van der Waals surface area contributed by atoms with Crippen molar-refractivity contribution in [2.45, 2.75) is 19.9 Å². The molecule has 0 radical (unpaired) electrons. The molecule has 1 atom stereocenters. The van der Waals surface area contributed by atoms with Crippen LogP contribution in [-0.4, -0.2) is 23.4 Å². The number of nitrogens with one attached hydrogen (secondary N) is 1. The van der Waals surface area contributed by atoms with Crippen molar-refractivity contribution >= 4 is 6.08 Å². The Kier molecular flexibility index (Phi) is 5.17. The number of rotatable bonds is 6. The van der Waals surface area contributed by atoms with Crippen molar-refractivity contribution in [3.8, 4) is 5.75 Å². The molecule has 1 aromatic carbocycles. The summed E-state index contributed by atoms with van der Waals surface area (Å²) in [6.45, 7) is 5.13. The number of ether oxygens (including phenoxy) is 1. The molecule has 4 heteroatoms. The summed E-state index contributed by atoms with van der Waals surface area (Å²) in [5.74, 6) is 0.883. The smallest absolute Gasteiger partial charge is 0.118 e. The van der Waals surface area contributed by atoms with E-state index in [1.807, 2.05) is 36.3 Å². The van der Waals surface area contributed by atoms with E-state index in [0.717, 1.165) is 12.3 Å². The minimum absolute atomic E-state index is 0.290. The van der Waals surface area contributed by atoms with Crippen LogP contribution in [0.2, 0.25) is 0 Å². The van der Waals surface area contributed by atoms with Crippen LogP contribution < -0.4 is 10.1 Å². The summed E-state index contributed by atoms with van der Waals surface area (Å²) in [4.78, 5) is 0. The van der Waals surface area contributed by atoms with Crippen molar-refractivity contribution in [3.05, 3.63) is 53.4 Å². The largest absolute Gasteiger partial charge is 0.497 e. The van der Waals surface area contributed by atoms with Crippen molar-refractivity contribution < 1.29 is 4.74 Å². The van der Waals surface area contributed by atoms with E-state index in [9.17, 15) is 0 Å². The summed E-state index contributed by atoms with van der Waals surface area (Å²) in [6.07, 6.45) is 6.13. The molecule has 0 fully saturated rings. The molecule has 1 unspecified atom stereocenters. The van der Waals surface area contributed by atoms with E-state index in [1.54, 1.807) is 7.11 Å². The lowest BCUT2D eigenvalue weighted by Crippen LogP contribution is -2.20. The third-order valence-corrected chi connectivity index (χ3v) is 3.44. The fourth-order valence-electron chi connectivity index (χ4n) is 2.13. The predicted molar refractivity (Wildman–Crippen MR) is 86.3 cm³/mol. The Morgan fingerprint density at radius 1 is 1.38 bits per heavy atom. The van der Waals surface area contributed by atoms with E-state index in [-0.39, 0.29) is 6.04 Å². The molecule has 2 rings (SSSR count). The van der Waals surface area contributed by atoms with Gasteiger partial charge < -0.3 is 10.1 Å². The molecule has 0 amide bonds. The number of aromatic nitrogens is 2. The molecule has 1 heterocycles. The van der Waals surface area contributed by atoms with E-state index >= 15 is 0 Å². The first-order valence-corrected chi connectivity index (χ1v) is 7.11. The fourth-order valence-corrected chi connectivity index (χ4v) is 2.13. The third kappa shape index (κ3) is 4.46. The van der Waals surface area contributed by atoms with Crippen molar-refractivity contribution in [1.29, 1.82) is 0 Å². The van der Waals surface area contributed by atoms with Gasteiger partial charge >= 0.3 is 0 Å². The second-order valence-electron chi connectivity index (χ2n) is 5.31. The predicted octanol–water partition coefficient (Wildman–Crippen LogP) is 3.18. The standard InChI is InChI=1S/C17H23N3O/c1-13(9-15-5-7-17(21-4)8-6-15)10-18-14(2)16-11-19-20(3)12-16/h5-9,11-12,14,18H,10H2,1-4H3. The zero-order chi connectivity index (χ0) is 15.2. The molecule has 112 valence electrons. The van der Waals surface area contributed by atoms with Crippen LogP contribution >= 0.6 is 0 Å². The van der Waals surface area contributed by atoms with Gasteiger partial charge in [0, 0.05) is 31.4 Å². The maximum absolute atomic E-state index is 5.16. The summed E-state index contributed by atoms with van der Waals surface area (Å²) < 4.78 is 6.99. The van der Waals surface area contributed by atoms with Gasteiger partial charge in [-0.05, 0) is 31.5 Å². The SMILES string of the molecule is COc1ccc(C=C(C)CNC(C)c2cnn(C)c2)cc1. The van der Waals surface area contributed by atoms with Gasteiger partial charge in [-0.3, -0.25) is 4.68 Å². The van der Waals surface area contributed by atoms with Crippen molar-refractivity contribution in [3.63, 3.8) is 0 Å². The van der Waals surface area contributed by atoms with Gasteiger partial charge in [0.2, 0.25) is 0 Å². The molecule has 0 spiro atoms. The molecular weight excluding hydrogens is 262 g/mol. The summed E-state index contributed by atoms with van der Waals surface area (Å²) in [6, 6.07) is 8.37. The Labute approximate surface area is 126 Å². The molecule has 1 aromatic heterocycles. The Morgan fingerprint density at radius 3 is 2.67 bits per heavy atom. The molecule has 0 saturated heterocycles. The lowest BCUT2D eigenvalue weighted by atomic mass is 10.1. The first kappa shape index (κ1) is 15.3. The number of hydrogen-bond donors (Lipinski definition) is 1. The van der Waals surface area contributed by atoms with Gasteiger partial charge in [0.25, 0.3) is 0 Å². The minimum atomic E-state index is 0.290. The third-order valence-electron chi connectivity index (χ3n) is 3.44. The Bertz CT molecular complexity index is 599. The van der Waals surface area contributed by atoms with Crippen molar-refractivity contribution in [2.75, 3.05) is 13.7 Å². The van der Waals surface area contributed by atoms with E-state index in [4.69, 9.17) is 4.74 Å². The maximum Gasteiger partial charge on any atom is 0.118 e. The topological polar surface area (TPSA) is 39.1 Å². The quantitative estimate of drug-likeness (QED) is 0.886. The summed E-state index contributed by atoms with van der Waals surface area (Å²) in [5.41, 5.74) is 3.68. The van der Waals surface area contributed by atoms with Gasteiger partial charge in [0.15, 0.2) is 0 Å². The van der Waals surface area contributed by atoms with Crippen LogP contribution in [0, 0.1) is 0 Å². The van der Waals surface area contributed by atoms with Gasteiger partial charge in [0.05, 0.1) is 13.3 Å². The highest BCUT2D eigenvalue weighted by Crippen LogP contribution is 2.15. The monoisotopic (exact) mass is 285 g/mol. The lowest BCUT2D eigenvalue weighted by Gasteiger charge is -2.12.